The summed E-state index contributed by atoms with van der Waals surface area (Å²) in [5, 5.41) is 6.05. The molecule has 1 aromatic heterocycles. The summed E-state index contributed by atoms with van der Waals surface area (Å²) in [6, 6.07) is 6.52. The van der Waals surface area contributed by atoms with Crippen molar-refractivity contribution >= 4 is 23.5 Å². The molecule has 0 unspecified atom stereocenters. The predicted molar refractivity (Wildman–Crippen MR) is 77.3 cm³/mol. The molecule has 0 aliphatic heterocycles. The maximum atomic E-state index is 13.5. The number of anilines is 2. The van der Waals surface area contributed by atoms with E-state index in [1.807, 2.05) is 6.92 Å². The van der Waals surface area contributed by atoms with Gasteiger partial charge in [0.15, 0.2) is 0 Å². The molecule has 0 saturated heterocycles. The largest absolute Gasteiger partial charge is 0.354 e. The van der Waals surface area contributed by atoms with Gasteiger partial charge in [0.1, 0.15) is 5.82 Å². The zero-order valence-corrected chi connectivity index (χ0v) is 11.8. The molecule has 0 atom stereocenters. The van der Waals surface area contributed by atoms with E-state index in [4.69, 9.17) is 11.6 Å². The van der Waals surface area contributed by atoms with Crippen LogP contribution in [0.1, 0.15) is 18.9 Å². The van der Waals surface area contributed by atoms with Crippen molar-refractivity contribution in [1.29, 1.82) is 0 Å². The Labute approximate surface area is 121 Å². The molecular formula is C13H15ClFN5. The van der Waals surface area contributed by atoms with Crippen LogP contribution >= 0.6 is 11.6 Å². The average Bonchev–Trinajstić information content (AvgIpc) is 2.44. The van der Waals surface area contributed by atoms with Crippen LogP contribution in [0.25, 0.3) is 0 Å². The van der Waals surface area contributed by atoms with Crippen molar-refractivity contribution in [3.8, 4) is 0 Å². The van der Waals surface area contributed by atoms with Crippen LogP contribution in [0, 0.1) is 5.82 Å². The highest BCUT2D eigenvalue weighted by atomic mass is 35.5. The molecule has 0 amide bonds. The summed E-state index contributed by atoms with van der Waals surface area (Å²) in [7, 11) is 0. The fourth-order valence-corrected chi connectivity index (χ4v) is 1.72. The molecule has 106 valence electrons. The third-order valence-electron chi connectivity index (χ3n) is 2.54. The number of rotatable bonds is 6. The number of aromatic nitrogens is 3. The highest BCUT2D eigenvalue weighted by Gasteiger charge is 2.06. The lowest BCUT2D eigenvalue weighted by molar-refractivity contribution is 0.612. The van der Waals surface area contributed by atoms with E-state index in [9.17, 15) is 4.39 Å². The van der Waals surface area contributed by atoms with E-state index >= 15 is 0 Å². The van der Waals surface area contributed by atoms with Crippen LogP contribution in [0.5, 0.6) is 0 Å². The molecule has 2 aromatic rings. The number of benzene rings is 1. The number of nitrogens with one attached hydrogen (secondary N) is 2. The molecule has 0 bridgehead atoms. The lowest BCUT2D eigenvalue weighted by atomic mass is 10.2. The van der Waals surface area contributed by atoms with Crippen molar-refractivity contribution < 1.29 is 4.39 Å². The molecule has 1 heterocycles. The second-order valence-electron chi connectivity index (χ2n) is 4.12. The molecule has 0 fully saturated rings. The Kier molecular flexibility index (Phi) is 5.06. The molecule has 0 aliphatic carbocycles. The van der Waals surface area contributed by atoms with Crippen molar-refractivity contribution in [3.05, 3.63) is 40.9 Å². The minimum absolute atomic E-state index is 0.0923. The highest BCUT2D eigenvalue weighted by molar-refractivity contribution is 6.28. The van der Waals surface area contributed by atoms with Crippen LogP contribution in [0.15, 0.2) is 24.3 Å². The van der Waals surface area contributed by atoms with Gasteiger partial charge in [0.2, 0.25) is 17.2 Å². The Morgan fingerprint density at radius 2 is 1.80 bits per heavy atom. The molecule has 0 radical (unpaired) electrons. The smallest absolute Gasteiger partial charge is 0.229 e. The summed E-state index contributed by atoms with van der Waals surface area (Å²) in [6.45, 7) is 3.06. The van der Waals surface area contributed by atoms with Gasteiger partial charge >= 0.3 is 0 Å². The van der Waals surface area contributed by atoms with Crippen LogP contribution in [0.4, 0.5) is 16.3 Å². The zero-order valence-electron chi connectivity index (χ0n) is 11.0. The maximum Gasteiger partial charge on any atom is 0.229 e. The molecule has 0 aliphatic rings. The van der Waals surface area contributed by atoms with Gasteiger partial charge in [-0.1, -0.05) is 25.1 Å². The van der Waals surface area contributed by atoms with Crippen LogP contribution in [0.2, 0.25) is 5.28 Å². The van der Waals surface area contributed by atoms with Gasteiger partial charge in [0, 0.05) is 18.7 Å². The lowest BCUT2D eigenvalue weighted by Crippen LogP contribution is -2.10. The van der Waals surface area contributed by atoms with Gasteiger partial charge in [-0.25, -0.2) is 4.39 Å². The minimum Gasteiger partial charge on any atom is -0.354 e. The lowest BCUT2D eigenvalue weighted by Gasteiger charge is -2.08. The first kappa shape index (κ1) is 14.5. The molecule has 1 aromatic carbocycles. The fraction of sp³-hybridized carbons (Fsp3) is 0.308. The highest BCUT2D eigenvalue weighted by Crippen LogP contribution is 2.12. The quantitative estimate of drug-likeness (QED) is 0.857. The van der Waals surface area contributed by atoms with Crippen LogP contribution < -0.4 is 10.6 Å². The number of nitrogens with zero attached hydrogens (tertiary/aromatic N) is 3. The van der Waals surface area contributed by atoms with Crippen molar-refractivity contribution in [2.24, 2.45) is 0 Å². The Morgan fingerprint density at radius 1 is 1.10 bits per heavy atom. The van der Waals surface area contributed by atoms with Crippen molar-refractivity contribution in [2.75, 3.05) is 17.2 Å². The van der Waals surface area contributed by atoms with Crippen LogP contribution in [0.3, 0.4) is 0 Å². The number of hydrogen-bond acceptors (Lipinski definition) is 5. The summed E-state index contributed by atoms with van der Waals surface area (Å²) >= 11 is 5.83. The first-order chi connectivity index (χ1) is 9.69. The first-order valence-corrected chi connectivity index (χ1v) is 6.69. The van der Waals surface area contributed by atoms with Gasteiger partial charge in [-0.05, 0) is 24.1 Å². The first-order valence-electron chi connectivity index (χ1n) is 6.31. The Hall–Kier alpha value is -1.95. The van der Waals surface area contributed by atoms with E-state index in [1.165, 1.54) is 6.07 Å². The van der Waals surface area contributed by atoms with E-state index in [0.29, 0.717) is 17.5 Å². The standard InChI is InChI=1S/C13H15ClFN5/c1-2-7-16-12-18-11(14)19-13(20-12)17-8-9-5-3-4-6-10(9)15/h3-6H,2,7-8H2,1H3,(H2,16,17,18,19,20). The molecular weight excluding hydrogens is 281 g/mol. The molecule has 7 heteroatoms. The van der Waals surface area contributed by atoms with Gasteiger partial charge in [-0.15, -0.1) is 0 Å². The van der Waals surface area contributed by atoms with Gasteiger partial charge in [-0.3, -0.25) is 0 Å². The summed E-state index contributed by atoms with van der Waals surface area (Å²) in [4.78, 5) is 12.1. The maximum absolute atomic E-state index is 13.5. The number of halogens is 2. The van der Waals surface area contributed by atoms with E-state index in [1.54, 1.807) is 18.2 Å². The monoisotopic (exact) mass is 295 g/mol. The van der Waals surface area contributed by atoms with Crippen molar-refractivity contribution in [3.63, 3.8) is 0 Å². The SMILES string of the molecule is CCCNc1nc(Cl)nc(NCc2ccccc2F)n1. The molecule has 0 saturated carbocycles. The van der Waals surface area contributed by atoms with Crippen LogP contribution in [-0.2, 0) is 6.54 Å². The normalized spacial score (nSPS) is 10.3. The second-order valence-corrected chi connectivity index (χ2v) is 4.46. The Morgan fingerprint density at radius 3 is 2.50 bits per heavy atom. The molecule has 0 spiro atoms. The van der Waals surface area contributed by atoms with Gasteiger partial charge in [-0.2, -0.15) is 15.0 Å². The topological polar surface area (TPSA) is 62.7 Å². The summed E-state index contributed by atoms with van der Waals surface area (Å²) in [5.41, 5.74) is 0.534. The van der Waals surface area contributed by atoms with E-state index in [2.05, 4.69) is 25.6 Å². The Balaban J connectivity index is 2.05. The van der Waals surface area contributed by atoms with Gasteiger partial charge in [0.05, 0.1) is 0 Å². The van der Waals surface area contributed by atoms with Crippen molar-refractivity contribution in [2.45, 2.75) is 19.9 Å². The van der Waals surface area contributed by atoms with Gasteiger partial charge < -0.3 is 10.6 Å². The molecule has 20 heavy (non-hydrogen) atoms. The van der Waals surface area contributed by atoms with Crippen molar-refractivity contribution in [1.82, 2.24) is 15.0 Å². The summed E-state index contributed by atoms with van der Waals surface area (Å²) < 4.78 is 13.5. The average molecular weight is 296 g/mol. The molecule has 2 N–H and O–H groups in total. The fourth-order valence-electron chi connectivity index (χ4n) is 1.56. The van der Waals surface area contributed by atoms with Gasteiger partial charge in [0.25, 0.3) is 0 Å². The van der Waals surface area contributed by atoms with E-state index in [-0.39, 0.29) is 17.6 Å². The second kappa shape index (κ2) is 7.00. The number of hydrogen-bond donors (Lipinski definition) is 2. The third kappa shape index (κ3) is 4.03. The summed E-state index contributed by atoms with van der Waals surface area (Å²) in [5.74, 6) is 0.444. The van der Waals surface area contributed by atoms with E-state index < -0.39 is 0 Å². The zero-order chi connectivity index (χ0) is 14.4. The molecule has 2 rings (SSSR count). The summed E-state index contributed by atoms with van der Waals surface area (Å²) in [6.07, 6.45) is 0.946. The molecule has 5 nitrogen and oxygen atoms in total. The van der Waals surface area contributed by atoms with Crippen LogP contribution in [-0.4, -0.2) is 21.5 Å². The predicted octanol–water partition coefficient (Wildman–Crippen LogP) is 3.10. The Bertz CT molecular complexity index is 578. The van der Waals surface area contributed by atoms with E-state index in [0.717, 1.165) is 13.0 Å². The third-order valence-corrected chi connectivity index (χ3v) is 2.71. The minimum atomic E-state index is -0.274.